The van der Waals surface area contributed by atoms with Gasteiger partial charge in [0.05, 0.1) is 30.3 Å². The van der Waals surface area contributed by atoms with E-state index in [9.17, 15) is 18.0 Å². The van der Waals surface area contributed by atoms with Gasteiger partial charge in [0.25, 0.3) is 5.91 Å². The lowest BCUT2D eigenvalue weighted by atomic mass is 10.1. The van der Waals surface area contributed by atoms with E-state index in [4.69, 9.17) is 9.15 Å². The van der Waals surface area contributed by atoms with Crippen LogP contribution in [0.3, 0.4) is 0 Å². The van der Waals surface area contributed by atoms with Gasteiger partial charge in [-0.15, -0.1) is 0 Å². The predicted molar refractivity (Wildman–Crippen MR) is 134 cm³/mol. The fraction of sp³-hybridized carbons (Fsp3) is 0.240. The van der Waals surface area contributed by atoms with Crippen molar-refractivity contribution in [2.75, 3.05) is 23.7 Å². The van der Waals surface area contributed by atoms with E-state index in [2.05, 4.69) is 10.5 Å². The minimum absolute atomic E-state index is 0.301. The monoisotopic (exact) mass is 497 g/mol. The molecule has 0 unspecified atom stereocenters. The van der Waals surface area contributed by atoms with Crippen LogP contribution in [-0.4, -0.2) is 45.9 Å². The lowest BCUT2D eigenvalue weighted by Gasteiger charge is -2.22. The van der Waals surface area contributed by atoms with E-state index in [0.717, 1.165) is 27.3 Å². The number of rotatable bonds is 9. The molecule has 0 aliphatic heterocycles. The molecule has 1 amide bonds. The quantitative estimate of drug-likeness (QED) is 0.274. The van der Waals surface area contributed by atoms with Crippen molar-refractivity contribution in [3.63, 3.8) is 0 Å². The molecule has 0 atom stereocenters. The Balaban J connectivity index is 1.64. The van der Waals surface area contributed by atoms with Gasteiger partial charge in [0.2, 0.25) is 10.0 Å². The maximum absolute atomic E-state index is 12.4. The smallest absolute Gasteiger partial charge is 0.338 e. The van der Waals surface area contributed by atoms with Gasteiger partial charge >= 0.3 is 5.97 Å². The number of amides is 1. The molecule has 35 heavy (non-hydrogen) atoms. The number of hydrogen-bond acceptors (Lipinski definition) is 7. The van der Waals surface area contributed by atoms with Gasteiger partial charge in [-0.25, -0.2) is 18.6 Å². The highest BCUT2D eigenvalue weighted by atomic mass is 32.2. The number of furan rings is 1. The molecular weight excluding hydrogens is 470 g/mol. The van der Waals surface area contributed by atoms with Crippen LogP contribution in [0, 0.1) is 13.8 Å². The van der Waals surface area contributed by atoms with Gasteiger partial charge in [-0.2, -0.15) is 5.10 Å². The second kappa shape index (κ2) is 11.0. The normalized spacial score (nSPS) is 11.4. The molecule has 184 valence electrons. The lowest BCUT2D eigenvalue weighted by Crippen LogP contribution is -2.39. The molecule has 0 radical (unpaired) electrons. The Morgan fingerprint density at radius 2 is 1.71 bits per heavy atom. The summed E-state index contributed by atoms with van der Waals surface area (Å²) >= 11 is 0. The van der Waals surface area contributed by atoms with Gasteiger partial charge in [-0.05, 0) is 68.3 Å². The van der Waals surface area contributed by atoms with Gasteiger partial charge in [-0.1, -0.05) is 18.2 Å². The summed E-state index contributed by atoms with van der Waals surface area (Å²) in [6, 6.07) is 15.5. The van der Waals surface area contributed by atoms with Crippen LogP contribution >= 0.6 is 0 Å². The zero-order valence-corrected chi connectivity index (χ0v) is 20.8. The number of benzene rings is 2. The first-order valence-corrected chi connectivity index (χ1v) is 12.7. The van der Waals surface area contributed by atoms with Crippen LogP contribution in [0.4, 0.5) is 5.69 Å². The fourth-order valence-corrected chi connectivity index (χ4v) is 4.23. The zero-order chi connectivity index (χ0) is 25.6. The molecule has 0 saturated carbocycles. The van der Waals surface area contributed by atoms with E-state index in [1.807, 2.05) is 19.9 Å². The van der Waals surface area contributed by atoms with E-state index in [1.165, 1.54) is 6.21 Å². The van der Waals surface area contributed by atoms with Crippen LogP contribution in [-0.2, 0) is 19.6 Å². The number of hydrogen-bond donors (Lipinski definition) is 1. The molecular formula is C25H27N3O6S. The van der Waals surface area contributed by atoms with Crippen molar-refractivity contribution in [1.29, 1.82) is 0 Å². The molecule has 0 aliphatic rings. The first-order valence-electron chi connectivity index (χ1n) is 10.8. The van der Waals surface area contributed by atoms with Gasteiger partial charge < -0.3 is 9.15 Å². The van der Waals surface area contributed by atoms with E-state index in [0.29, 0.717) is 29.4 Å². The third kappa shape index (κ3) is 7.03. The summed E-state index contributed by atoms with van der Waals surface area (Å²) in [5, 5.41) is 3.87. The Kier molecular flexibility index (Phi) is 8.08. The summed E-state index contributed by atoms with van der Waals surface area (Å²) in [5.41, 5.74) is 5.70. The highest BCUT2D eigenvalue weighted by Gasteiger charge is 2.21. The van der Waals surface area contributed by atoms with Crippen molar-refractivity contribution in [3.05, 3.63) is 77.0 Å². The summed E-state index contributed by atoms with van der Waals surface area (Å²) in [7, 11) is -3.69. The lowest BCUT2D eigenvalue weighted by molar-refractivity contribution is -0.119. The summed E-state index contributed by atoms with van der Waals surface area (Å²) < 4.78 is 36.3. The summed E-state index contributed by atoms with van der Waals surface area (Å²) in [6.07, 6.45) is 2.36. The van der Waals surface area contributed by atoms with E-state index >= 15 is 0 Å². The number of hydrazone groups is 1. The molecule has 0 fully saturated rings. The molecule has 2 aromatic carbocycles. The van der Waals surface area contributed by atoms with E-state index in [1.54, 1.807) is 55.5 Å². The van der Waals surface area contributed by atoms with Gasteiger partial charge in [0.15, 0.2) is 0 Å². The van der Waals surface area contributed by atoms with Crippen molar-refractivity contribution in [1.82, 2.24) is 5.43 Å². The third-order valence-electron chi connectivity index (χ3n) is 4.87. The highest BCUT2D eigenvalue weighted by molar-refractivity contribution is 7.92. The number of esters is 1. The van der Waals surface area contributed by atoms with Crippen molar-refractivity contribution >= 4 is 33.8 Å². The van der Waals surface area contributed by atoms with Crippen LogP contribution in [0.5, 0.6) is 0 Å². The second-order valence-corrected chi connectivity index (χ2v) is 9.82. The van der Waals surface area contributed by atoms with E-state index in [-0.39, 0.29) is 0 Å². The first kappa shape index (κ1) is 25.7. The van der Waals surface area contributed by atoms with Gasteiger partial charge in [0, 0.05) is 5.56 Å². The van der Waals surface area contributed by atoms with Crippen molar-refractivity contribution in [3.8, 4) is 11.3 Å². The number of nitrogens with one attached hydrogen (secondary N) is 1. The topological polar surface area (TPSA) is 118 Å². The molecule has 3 rings (SSSR count). The van der Waals surface area contributed by atoms with E-state index < -0.39 is 28.4 Å². The Labute approximate surface area is 204 Å². The summed E-state index contributed by atoms with van der Waals surface area (Å²) in [4.78, 5) is 24.2. The maximum atomic E-state index is 12.4. The number of nitrogens with zero attached hydrogens (tertiary/aromatic N) is 2. The predicted octanol–water partition coefficient (Wildman–Crippen LogP) is 3.66. The number of aryl methyl sites for hydroxylation is 2. The average Bonchev–Trinajstić information content (AvgIpc) is 3.25. The number of ether oxygens (including phenoxy) is 1. The largest absolute Gasteiger partial charge is 0.462 e. The Morgan fingerprint density at radius 3 is 2.31 bits per heavy atom. The second-order valence-electron chi connectivity index (χ2n) is 7.91. The van der Waals surface area contributed by atoms with Gasteiger partial charge in [-0.3, -0.25) is 9.10 Å². The first-order chi connectivity index (χ1) is 16.6. The summed E-state index contributed by atoms with van der Waals surface area (Å²) in [5.74, 6) is -0.0727. The summed E-state index contributed by atoms with van der Waals surface area (Å²) in [6.45, 7) is 5.33. The molecule has 9 nitrogen and oxygen atoms in total. The number of anilines is 1. The molecule has 1 heterocycles. The third-order valence-corrected chi connectivity index (χ3v) is 6.01. The zero-order valence-electron chi connectivity index (χ0n) is 19.9. The SMILES string of the molecule is CCOC(=O)c1ccc(-c2ccc(/C=N\NC(=O)CN(c3cc(C)cc(C)c3)S(C)(=O)=O)o2)cc1. The molecule has 0 saturated heterocycles. The minimum atomic E-state index is -3.69. The molecule has 1 aromatic heterocycles. The Hall–Kier alpha value is -3.92. The van der Waals surface area contributed by atoms with Crippen LogP contribution < -0.4 is 9.73 Å². The fourth-order valence-electron chi connectivity index (χ4n) is 3.39. The Morgan fingerprint density at radius 1 is 1.06 bits per heavy atom. The molecule has 0 aliphatic carbocycles. The molecule has 10 heteroatoms. The molecule has 0 bridgehead atoms. The van der Waals surface area contributed by atoms with Gasteiger partial charge in [0.1, 0.15) is 18.1 Å². The average molecular weight is 498 g/mol. The standard InChI is InChI=1S/C25H27N3O6S/c1-5-33-25(30)20-8-6-19(7-9-20)23-11-10-22(34-23)15-26-27-24(29)16-28(35(4,31)32)21-13-17(2)12-18(3)14-21/h6-15H,5,16H2,1-4H3,(H,27,29)/b26-15-. The Bertz CT molecular complexity index is 1320. The van der Waals surface area contributed by atoms with Crippen molar-refractivity contribution in [2.24, 2.45) is 5.10 Å². The number of sulfonamides is 1. The number of carbonyl (C=O) groups excluding carboxylic acids is 2. The minimum Gasteiger partial charge on any atom is -0.462 e. The van der Waals surface area contributed by atoms with Crippen LogP contribution in [0.15, 0.2) is 64.1 Å². The van der Waals surface area contributed by atoms with Crippen LogP contribution in [0.2, 0.25) is 0 Å². The van der Waals surface area contributed by atoms with Crippen molar-refractivity contribution < 1.29 is 27.2 Å². The van der Waals surface area contributed by atoms with Crippen molar-refractivity contribution in [2.45, 2.75) is 20.8 Å². The number of carbonyl (C=O) groups is 2. The molecule has 1 N–H and O–H groups in total. The molecule has 0 spiro atoms. The van der Waals surface area contributed by atoms with Crippen LogP contribution in [0.25, 0.3) is 11.3 Å². The van der Waals surface area contributed by atoms with Crippen LogP contribution in [0.1, 0.15) is 34.2 Å². The maximum Gasteiger partial charge on any atom is 0.338 e. The molecule has 3 aromatic rings. The highest BCUT2D eigenvalue weighted by Crippen LogP contribution is 2.23.